The van der Waals surface area contributed by atoms with Gasteiger partial charge in [0.15, 0.2) is 0 Å². The van der Waals surface area contributed by atoms with E-state index in [-0.39, 0.29) is 0 Å². The van der Waals surface area contributed by atoms with Gasteiger partial charge in [-0.1, -0.05) is 59.9 Å². The summed E-state index contributed by atoms with van der Waals surface area (Å²) in [7, 11) is 4.57. The molecule has 5 radical (unpaired) electrons. The van der Waals surface area contributed by atoms with Gasteiger partial charge in [0.25, 0.3) is 0 Å². The van der Waals surface area contributed by atoms with E-state index in [1.54, 1.807) is 12.2 Å². The maximum atomic E-state index is 4.57. The molecule has 0 aromatic rings. The van der Waals surface area contributed by atoms with E-state index in [2.05, 4.69) is 57.5 Å². The summed E-state index contributed by atoms with van der Waals surface area (Å²) >= 11 is 1.82. The Labute approximate surface area is 116 Å². The van der Waals surface area contributed by atoms with E-state index >= 15 is 0 Å². The van der Waals surface area contributed by atoms with Crippen LogP contribution in [0.1, 0.15) is 34.6 Å². The van der Waals surface area contributed by atoms with Gasteiger partial charge in [-0.2, -0.15) is 0 Å². The normalized spacial score (nSPS) is 19.4. The van der Waals surface area contributed by atoms with Gasteiger partial charge in [0.1, 0.15) is 0 Å². The predicted molar refractivity (Wildman–Crippen MR) is 70.8 cm³/mol. The summed E-state index contributed by atoms with van der Waals surface area (Å²) in [5.74, 6) is 7.34. The van der Waals surface area contributed by atoms with Crippen LogP contribution in [0, 0.1) is 29.6 Å². The van der Waals surface area contributed by atoms with Crippen LogP contribution in [0.2, 0.25) is 0 Å². The van der Waals surface area contributed by atoms with Gasteiger partial charge in [-0.05, 0) is 29.6 Å². The summed E-state index contributed by atoms with van der Waals surface area (Å²) < 4.78 is 0. The van der Waals surface area contributed by atoms with E-state index in [1.807, 2.05) is 17.3 Å². The second-order valence-corrected chi connectivity index (χ2v) is 3.60. The predicted octanol–water partition coefficient (Wildman–Crippen LogP) is 5.02. The van der Waals surface area contributed by atoms with Crippen molar-refractivity contribution in [3.63, 3.8) is 0 Å². The molecule has 0 bridgehead atoms. The molecule has 0 amide bonds. The summed E-state index contributed by atoms with van der Waals surface area (Å²) in [5, 5.41) is 0. The average Bonchev–Trinajstić information content (AvgIpc) is 2.50. The molecule has 1 fully saturated rings. The van der Waals surface area contributed by atoms with Crippen molar-refractivity contribution in [2.75, 3.05) is 0 Å². The molecule has 0 nitrogen and oxygen atoms in total. The van der Waals surface area contributed by atoms with Gasteiger partial charge in [0.05, 0.1) is 0 Å². The Balaban J connectivity index is 0. The van der Waals surface area contributed by atoms with Crippen molar-refractivity contribution < 1.29 is 17.3 Å². The molecule has 0 atom stereocenters. The molecular weight excluding hydrogens is 305 g/mol. The molecule has 16 heavy (non-hydrogen) atoms. The van der Waals surface area contributed by atoms with Crippen molar-refractivity contribution in [1.29, 1.82) is 0 Å². The van der Waals surface area contributed by atoms with Crippen LogP contribution in [0.5, 0.6) is 0 Å². The first-order valence-corrected chi connectivity index (χ1v) is 7.27. The van der Waals surface area contributed by atoms with Crippen LogP contribution < -0.4 is 0 Å². The first-order chi connectivity index (χ1) is 7.47. The number of rotatable bonds is 1. The molecule has 0 N–H and O–H groups in total. The van der Waals surface area contributed by atoms with Gasteiger partial charge in [-0.3, -0.25) is 0 Å². The minimum absolute atomic E-state index is 1.47. The van der Waals surface area contributed by atoms with E-state index in [0.717, 1.165) is 0 Å². The standard InChI is InChI=1S/C10H15.C4H6.ClH.Ru/c1-6-7(2)9(4)10(5)8(6)3;1-3-4-2;;/h1-5H3;3-4H,1-2H2;1H;/q;;;+2/p-1. The van der Waals surface area contributed by atoms with Crippen LogP contribution in [0.4, 0.5) is 0 Å². The molecule has 0 heterocycles. The van der Waals surface area contributed by atoms with E-state index in [9.17, 15) is 0 Å². The molecule has 0 saturated heterocycles. The summed E-state index contributed by atoms with van der Waals surface area (Å²) in [6.45, 7) is 17.7. The van der Waals surface area contributed by atoms with Gasteiger partial charge in [0.2, 0.25) is 0 Å². The fraction of sp³-hybridized carbons (Fsp3) is 0.357. The zero-order chi connectivity index (χ0) is 13.3. The number of halogens is 1. The first kappa shape index (κ1) is 18.8. The van der Waals surface area contributed by atoms with Crippen molar-refractivity contribution in [3.8, 4) is 0 Å². The van der Waals surface area contributed by atoms with Gasteiger partial charge >= 0.3 is 27.0 Å². The molecule has 1 aliphatic rings. The molecule has 1 aliphatic carbocycles. The Kier molecular flexibility index (Phi) is 12.4. The summed E-state index contributed by atoms with van der Waals surface area (Å²) in [5.41, 5.74) is 0. The number of hydrogen-bond donors (Lipinski definition) is 0. The van der Waals surface area contributed by atoms with Crippen molar-refractivity contribution in [3.05, 3.63) is 54.9 Å². The van der Waals surface area contributed by atoms with Crippen LogP contribution in [0.15, 0.2) is 25.3 Å². The quantitative estimate of drug-likeness (QED) is 0.469. The molecule has 91 valence electrons. The molecule has 1 saturated carbocycles. The third-order valence-corrected chi connectivity index (χ3v) is 2.98. The van der Waals surface area contributed by atoms with Crippen molar-refractivity contribution in [2.24, 2.45) is 0 Å². The zero-order valence-electron chi connectivity index (χ0n) is 10.8. The first-order valence-electron chi connectivity index (χ1n) is 5.03. The number of allylic oxidation sites excluding steroid dienone is 2. The SMILES string of the molecule is C=CC=C.C[C]1[C](C)[C](C)[C](C)[C]1C.[Cl][Ru+]. The summed E-state index contributed by atoms with van der Waals surface area (Å²) in [4.78, 5) is 0. The summed E-state index contributed by atoms with van der Waals surface area (Å²) in [6, 6.07) is 0. The molecular formula is C14H21ClRu+. The number of hydrogen-bond acceptors (Lipinski definition) is 0. The third-order valence-electron chi connectivity index (χ3n) is 2.98. The maximum absolute atomic E-state index is 4.57. The second kappa shape index (κ2) is 10.5. The van der Waals surface area contributed by atoms with Crippen LogP contribution in [0.3, 0.4) is 0 Å². The molecule has 0 aliphatic heterocycles. The van der Waals surface area contributed by atoms with Crippen molar-refractivity contribution in [2.45, 2.75) is 34.6 Å². The Morgan fingerprint density at radius 2 is 0.812 bits per heavy atom. The van der Waals surface area contributed by atoms with E-state index in [4.69, 9.17) is 0 Å². The molecule has 0 aromatic heterocycles. The molecule has 1 rings (SSSR count). The van der Waals surface area contributed by atoms with E-state index in [0.29, 0.717) is 0 Å². The molecule has 0 spiro atoms. The Morgan fingerprint density at radius 3 is 0.875 bits per heavy atom. The van der Waals surface area contributed by atoms with Gasteiger partial charge in [-0.15, -0.1) is 0 Å². The zero-order valence-corrected chi connectivity index (χ0v) is 13.3. The Hall–Kier alpha value is 0.393. The van der Waals surface area contributed by atoms with Crippen LogP contribution in [-0.2, 0) is 17.3 Å². The topological polar surface area (TPSA) is 0 Å². The van der Waals surface area contributed by atoms with Crippen LogP contribution in [0.25, 0.3) is 0 Å². The van der Waals surface area contributed by atoms with Gasteiger partial charge < -0.3 is 0 Å². The molecule has 0 aromatic carbocycles. The van der Waals surface area contributed by atoms with Crippen LogP contribution >= 0.6 is 9.69 Å². The van der Waals surface area contributed by atoms with Crippen LogP contribution in [-0.4, -0.2) is 0 Å². The minimum atomic E-state index is 1.47. The van der Waals surface area contributed by atoms with Gasteiger partial charge in [0, 0.05) is 0 Å². The fourth-order valence-electron chi connectivity index (χ4n) is 1.41. The second-order valence-electron chi connectivity index (χ2n) is 3.60. The Bertz CT molecular complexity index is 140. The van der Waals surface area contributed by atoms with Gasteiger partial charge in [-0.25, -0.2) is 0 Å². The average molecular weight is 326 g/mol. The fourth-order valence-corrected chi connectivity index (χ4v) is 1.41. The monoisotopic (exact) mass is 326 g/mol. The Morgan fingerprint density at radius 1 is 0.688 bits per heavy atom. The van der Waals surface area contributed by atoms with E-state index in [1.165, 1.54) is 29.6 Å². The summed E-state index contributed by atoms with van der Waals surface area (Å²) in [6.07, 6.45) is 3.28. The molecule has 0 unspecified atom stereocenters. The van der Waals surface area contributed by atoms with Crippen molar-refractivity contribution >= 4 is 9.69 Å². The van der Waals surface area contributed by atoms with E-state index < -0.39 is 0 Å². The van der Waals surface area contributed by atoms with Crippen molar-refractivity contribution in [1.82, 2.24) is 0 Å². The molecule has 2 heteroatoms. The third kappa shape index (κ3) is 5.64.